The molecule has 1 aromatic carbocycles. The van der Waals surface area contributed by atoms with Crippen molar-refractivity contribution < 1.29 is 9.59 Å². The average molecular weight is 296 g/mol. The fraction of sp³-hybridized carbons (Fsp3) is 0.429. The highest BCUT2D eigenvalue weighted by Crippen LogP contribution is 2.21. The topological polar surface area (TPSA) is 70.2 Å². The Morgan fingerprint density at radius 1 is 1.35 bits per heavy atom. The molecule has 0 aliphatic heterocycles. The van der Waals surface area contributed by atoms with E-state index in [1.54, 1.807) is 32.2 Å². The number of rotatable bonds is 5. The maximum Gasteiger partial charge on any atom is 0.254 e. The van der Waals surface area contributed by atoms with E-state index in [-0.39, 0.29) is 17.9 Å². The largest absolute Gasteiger partial charge is 0.387 e. The zero-order chi connectivity index (χ0) is 14.7. The Morgan fingerprint density at radius 2 is 2.05 bits per heavy atom. The summed E-state index contributed by atoms with van der Waals surface area (Å²) in [5.41, 5.74) is 1.09. The van der Waals surface area contributed by atoms with Gasteiger partial charge in [-0.25, -0.2) is 0 Å². The van der Waals surface area contributed by atoms with Gasteiger partial charge in [-0.05, 0) is 38.0 Å². The molecule has 0 bridgehead atoms. The lowest BCUT2D eigenvalue weighted by atomic mass is 10.1. The van der Waals surface area contributed by atoms with Crippen LogP contribution in [0.25, 0.3) is 0 Å². The van der Waals surface area contributed by atoms with Crippen LogP contribution in [0, 0.1) is 0 Å². The molecule has 0 saturated heterocycles. The molecule has 1 aromatic rings. The highest BCUT2D eigenvalue weighted by Gasteiger charge is 2.26. The quantitative estimate of drug-likeness (QED) is 0.775. The maximum atomic E-state index is 12.2. The molecule has 5 nitrogen and oxygen atoms in total. The summed E-state index contributed by atoms with van der Waals surface area (Å²) < 4.78 is 0. The molecule has 1 saturated carbocycles. The summed E-state index contributed by atoms with van der Waals surface area (Å²) in [6, 6.07) is 4.71. The lowest BCUT2D eigenvalue weighted by Crippen LogP contribution is -2.45. The van der Waals surface area contributed by atoms with Crippen LogP contribution in [-0.2, 0) is 4.79 Å². The minimum absolute atomic E-state index is 0.158. The zero-order valence-corrected chi connectivity index (χ0v) is 12.3. The molecule has 2 amide bonds. The van der Waals surface area contributed by atoms with Crippen molar-refractivity contribution in [2.24, 2.45) is 0 Å². The number of halogens is 1. The summed E-state index contributed by atoms with van der Waals surface area (Å²) in [7, 11) is 1.73. The summed E-state index contributed by atoms with van der Waals surface area (Å²) in [6.07, 6.45) is 2.04. The van der Waals surface area contributed by atoms with Crippen molar-refractivity contribution >= 4 is 29.1 Å². The predicted octanol–water partition coefficient (Wildman–Crippen LogP) is 1.78. The summed E-state index contributed by atoms with van der Waals surface area (Å²) in [5, 5.41) is 8.94. The third-order valence-corrected chi connectivity index (χ3v) is 3.40. The Morgan fingerprint density at radius 3 is 2.65 bits per heavy atom. The van der Waals surface area contributed by atoms with Gasteiger partial charge in [-0.1, -0.05) is 11.6 Å². The van der Waals surface area contributed by atoms with Crippen LogP contribution in [0.2, 0.25) is 5.02 Å². The first-order valence-electron chi connectivity index (χ1n) is 6.60. The van der Waals surface area contributed by atoms with E-state index in [1.165, 1.54) is 0 Å². The van der Waals surface area contributed by atoms with E-state index in [9.17, 15) is 9.59 Å². The Labute approximate surface area is 123 Å². The molecule has 6 heteroatoms. The molecule has 3 N–H and O–H groups in total. The van der Waals surface area contributed by atoms with Crippen molar-refractivity contribution in [3.05, 3.63) is 28.8 Å². The fourth-order valence-corrected chi connectivity index (χ4v) is 1.99. The van der Waals surface area contributed by atoms with Crippen molar-refractivity contribution in [3.8, 4) is 0 Å². The van der Waals surface area contributed by atoms with Gasteiger partial charge in [0.2, 0.25) is 5.91 Å². The number of hydrogen-bond donors (Lipinski definition) is 3. The number of amides is 2. The van der Waals surface area contributed by atoms with E-state index < -0.39 is 6.04 Å². The first kappa shape index (κ1) is 14.7. The maximum absolute atomic E-state index is 12.2. The Balaban J connectivity index is 2.03. The number of nitrogens with one attached hydrogen (secondary N) is 3. The monoisotopic (exact) mass is 295 g/mol. The predicted molar refractivity (Wildman–Crippen MR) is 79.1 cm³/mol. The van der Waals surface area contributed by atoms with Crippen LogP contribution in [0.15, 0.2) is 18.2 Å². The molecular weight excluding hydrogens is 278 g/mol. The van der Waals surface area contributed by atoms with Gasteiger partial charge < -0.3 is 16.0 Å². The third kappa shape index (κ3) is 3.63. The molecule has 0 aromatic heterocycles. The Hall–Kier alpha value is -1.75. The number of anilines is 1. The van der Waals surface area contributed by atoms with Crippen molar-refractivity contribution in [1.82, 2.24) is 10.6 Å². The van der Waals surface area contributed by atoms with Crippen LogP contribution in [0.1, 0.15) is 30.1 Å². The van der Waals surface area contributed by atoms with Crippen LogP contribution in [-0.4, -0.2) is 30.9 Å². The van der Waals surface area contributed by atoms with E-state index in [1.807, 2.05) is 0 Å². The lowest BCUT2D eigenvalue weighted by Gasteiger charge is -2.15. The standard InChI is InChI=1S/C14H18ClN3O2/c1-8(13(19)18-10-4-5-10)17-14(20)11-7-9(15)3-6-12(11)16-2/h3,6-8,10,16H,4-5H2,1-2H3,(H,17,20)(H,18,19). The zero-order valence-electron chi connectivity index (χ0n) is 11.5. The first-order chi connectivity index (χ1) is 9.51. The van der Waals surface area contributed by atoms with Gasteiger partial charge in [-0.15, -0.1) is 0 Å². The van der Waals surface area contributed by atoms with Crippen LogP contribution < -0.4 is 16.0 Å². The van der Waals surface area contributed by atoms with Gasteiger partial charge in [-0.3, -0.25) is 9.59 Å². The molecule has 1 fully saturated rings. The number of carbonyl (C=O) groups is 2. The highest BCUT2D eigenvalue weighted by molar-refractivity contribution is 6.31. The number of hydrogen-bond acceptors (Lipinski definition) is 3. The molecule has 1 aliphatic carbocycles. The smallest absolute Gasteiger partial charge is 0.254 e. The highest BCUT2D eigenvalue weighted by atomic mass is 35.5. The molecule has 1 atom stereocenters. The molecule has 0 radical (unpaired) electrons. The molecule has 0 heterocycles. The molecular formula is C14H18ClN3O2. The van der Waals surface area contributed by atoms with Crippen LogP contribution in [0.5, 0.6) is 0 Å². The van der Waals surface area contributed by atoms with Gasteiger partial charge >= 0.3 is 0 Å². The average Bonchev–Trinajstić information content (AvgIpc) is 3.22. The van der Waals surface area contributed by atoms with Crippen molar-refractivity contribution in [3.63, 3.8) is 0 Å². The summed E-state index contributed by atoms with van der Waals surface area (Å²) in [6.45, 7) is 1.67. The first-order valence-corrected chi connectivity index (χ1v) is 6.97. The molecule has 2 rings (SSSR count). The van der Waals surface area contributed by atoms with Gasteiger partial charge in [-0.2, -0.15) is 0 Å². The minimum atomic E-state index is -0.577. The van der Waals surface area contributed by atoms with Gasteiger partial charge in [0.15, 0.2) is 0 Å². The SMILES string of the molecule is CNc1ccc(Cl)cc1C(=O)NC(C)C(=O)NC1CC1. The fourth-order valence-electron chi connectivity index (χ4n) is 1.82. The van der Waals surface area contributed by atoms with Crippen LogP contribution in [0.3, 0.4) is 0 Å². The van der Waals surface area contributed by atoms with Gasteiger partial charge in [0.1, 0.15) is 6.04 Å². The van der Waals surface area contributed by atoms with E-state index in [2.05, 4.69) is 16.0 Å². The van der Waals surface area contributed by atoms with Crippen molar-refractivity contribution in [2.75, 3.05) is 12.4 Å². The molecule has 20 heavy (non-hydrogen) atoms. The molecule has 0 spiro atoms. The lowest BCUT2D eigenvalue weighted by molar-refractivity contribution is -0.122. The second-order valence-corrected chi connectivity index (χ2v) is 5.35. The van der Waals surface area contributed by atoms with Gasteiger partial charge in [0.25, 0.3) is 5.91 Å². The summed E-state index contributed by atoms with van der Waals surface area (Å²) >= 11 is 5.91. The summed E-state index contributed by atoms with van der Waals surface area (Å²) in [4.78, 5) is 24.0. The number of benzene rings is 1. The third-order valence-electron chi connectivity index (χ3n) is 3.16. The summed E-state index contributed by atoms with van der Waals surface area (Å²) in [5.74, 6) is -0.482. The Kier molecular flexibility index (Phi) is 4.49. The minimum Gasteiger partial charge on any atom is -0.387 e. The van der Waals surface area contributed by atoms with Gasteiger partial charge in [0.05, 0.1) is 5.56 Å². The molecule has 108 valence electrons. The number of carbonyl (C=O) groups excluding carboxylic acids is 2. The Bertz CT molecular complexity index is 529. The van der Waals surface area contributed by atoms with Gasteiger partial charge in [0, 0.05) is 23.8 Å². The van der Waals surface area contributed by atoms with E-state index in [4.69, 9.17) is 11.6 Å². The van der Waals surface area contributed by atoms with Crippen molar-refractivity contribution in [1.29, 1.82) is 0 Å². The normalized spacial score (nSPS) is 15.3. The van der Waals surface area contributed by atoms with Crippen LogP contribution >= 0.6 is 11.6 Å². The van der Waals surface area contributed by atoms with Crippen LogP contribution in [0.4, 0.5) is 5.69 Å². The van der Waals surface area contributed by atoms with E-state index in [0.717, 1.165) is 12.8 Å². The van der Waals surface area contributed by atoms with Crippen molar-refractivity contribution in [2.45, 2.75) is 31.8 Å². The molecule has 1 unspecified atom stereocenters. The van der Waals surface area contributed by atoms with E-state index >= 15 is 0 Å². The van der Waals surface area contributed by atoms with E-state index in [0.29, 0.717) is 16.3 Å². The second-order valence-electron chi connectivity index (χ2n) is 4.92. The second kappa shape index (κ2) is 6.13. The molecule has 1 aliphatic rings.